The highest BCUT2D eigenvalue weighted by Gasteiger charge is 2.37. The molecule has 0 bridgehead atoms. The predicted octanol–water partition coefficient (Wildman–Crippen LogP) is 2.95. The van der Waals surface area contributed by atoms with Crippen molar-refractivity contribution in [2.45, 2.75) is 38.1 Å². The van der Waals surface area contributed by atoms with E-state index in [0.717, 1.165) is 23.3 Å². The fraction of sp³-hybridized carbons (Fsp3) is 0.500. The van der Waals surface area contributed by atoms with E-state index in [4.69, 9.17) is 5.73 Å². The number of fused-ring (bicyclic) bond motifs is 1. The lowest BCUT2D eigenvalue weighted by Crippen LogP contribution is -2.52. The van der Waals surface area contributed by atoms with Crippen LogP contribution in [0.25, 0.3) is 11.0 Å². The van der Waals surface area contributed by atoms with E-state index in [1.54, 1.807) is 0 Å². The highest BCUT2D eigenvalue weighted by atomic mass is 15.1. The number of hydrogen-bond acceptors (Lipinski definition) is 4. The van der Waals surface area contributed by atoms with Crippen molar-refractivity contribution in [3.8, 4) is 0 Å². The lowest BCUT2D eigenvalue weighted by Gasteiger charge is -2.43. The minimum atomic E-state index is -0.0324. The van der Waals surface area contributed by atoms with Gasteiger partial charge in [0.05, 0.1) is 22.8 Å². The van der Waals surface area contributed by atoms with Crippen molar-refractivity contribution in [1.29, 1.82) is 0 Å². The Kier molecular flexibility index (Phi) is 3.57. The SMILES string of the molecule is CC1CCCCC1(CN)Nc1cnc2ccccc2n1. The number of para-hydroxylation sites is 2. The first-order valence-electron chi connectivity index (χ1n) is 7.43. The average Bonchev–Trinajstić information content (AvgIpc) is 2.49. The zero-order valence-electron chi connectivity index (χ0n) is 12.0. The average molecular weight is 270 g/mol. The van der Waals surface area contributed by atoms with Gasteiger partial charge in [0.25, 0.3) is 0 Å². The summed E-state index contributed by atoms with van der Waals surface area (Å²) < 4.78 is 0. The Morgan fingerprint density at radius 2 is 2.10 bits per heavy atom. The van der Waals surface area contributed by atoms with Gasteiger partial charge in [0.15, 0.2) is 0 Å². The fourth-order valence-electron chi connectivity index (χ4n) is 3.23. The minimum Gasteiger partial charge on any atom is -0.362 e. The zero-order valence-corrected chi connectivity index (χ0v) is 12.0. The maximum atomic E-state index is 6.08. The molecule has 0 aliphatic heterocycles. The number of benzene rings is 1. The van der Waals surface area contributed by atoms with Crippen LogP contribution >= 0.6 is 0 Å². The Bertz CT molecular complexity index is 598. The molecule has 1 aliphatic rings. The van der Waals surface area contributed by atoms with Crippen LogP contribution in [0.2, 0.25) is 0 Å². The van der Waals surface area contributed by atoms with Crippen LogP contribution in [0.1, 0.15) is 32.6 Å². The van der Waals surface area contributed by atoms with E-state index in [0.29, 0.717) is 12.5 Å². The van der Waals surface area contributed by atoms with Crippen LogP contribution in [0.5, 0.6) is 0 Å². The summed E-state index contributed by atoms with van der Waals surface area (Å²) in [6, 6.07) is 7.94. The third-order valence-corrected chi connectivity index (χ3v) is 4.64. The van der Waals surface area contributed by atoms with E-state index in [1.165, 1.54) is 19.3 Å². The second kappa shape index (κ2) is 5.37. The predicted molar refractivity (Wildman–Crippen MR) is 82.6 cm³/mol. The van der Waals surface area contributed by atoms with Crippen molar-refractivity contribution in [1.82, 2.24) is 9.97 Å². The van der Waals surface area contributed by atoms with Crippen LogP contribution in [0.3, 0.4) is 0 Å². The molecule has 0 radical (unpaired) electrons. The van der Waals surface area contributed by atoms with Gasteiger partial charge >= 0.3 is 0 Å². The van der Waals surface area contributed by atoms with Crippen molar-refractivity contribution in [2.24, 2.45) is 11.7 Å². The van der Waals surface area contributed by atoms with E-state index in [1.807, 2.05) is 30.5 Å². The van der Waals surface area contributed by atoms with Gasteiger partial charge in [0.2, 0.25) is 0 Å². The van der Waals surface area contributed by atoms with E-state index in [-0.39, 0.29) is 5.54 Å². The summed E-state index contributed by atoms with van der Waals surface area (Å²) in [5, 5.41) is 3.59. The lowest BCUT2D eigenvalue weighted by molar-refractivity contribution is 0.235. The molecule has 1 aliphatic carbocycles. The Balaban J connectivity index is 1.90. The van der Waals surface area contributed by atoms with Gasteiger partial charge < -0.3 is 11.1 Å². The van der Waals surface area contributed by atoms with Gasteiger partial charge in [-0.2, -0.15) is 0 Å². The second-order valence-electron chi connectivity index (χ2n) is 5.88. The Hall–Kier alpha value is -1.68. The lowest BCUT2D eigenvalue weighted by atomic mass is 9.73. The Labute approximate surface area is 119 Å². The van der Waals surface area contributed by atoms with E-state index < -0.39 is 0 Å². The quantitative estimate of drug-likeness (QED) is 0.900. The van der Waals surface area contributed by atoms with Crippen LogP contribution < -0.4 is 11.1 Å². The van der Waals surface area contributed by atoms with Crippen molar-refractivity contribution < 1.29 is 0 Å². The van der Waals surface area contributed by atoms with Gasteiger partial charge in [-0.25, -0.2) is 4.98 Å². The van der Waals surface area contributed by atoms with Crippen molar-refractivity contribution in [2.75, 3.05) is 11.9 Å². The van der Waals surface area contributed by atoms with Crippen LogP contribution in [0.4, 0.5) is 5.82 Å². The van der Waals surface area contributed by atoms with Crippen LogP contribution in [0.15, 0.2) is 30.5 Å². The molecule has 1 aromatic heterocycles. The van der Waals surface area contributed by atoms with Crippen LogP contribution in [-0.2, 0) is 0 Å². The van der Waals surface area contributed by atoms with Gasteiger partial charge in [-0.1, -0.05) is 31.9 Å². The number of aromatic nitrogens is 2. The molecule has 2 aromatic rings. The second-order valence-corrected chi connectivity index (χ2v) is 5.88. The van der Waals surface area contributed by atoms with Crippen molar-refractivity contribution in [3.63, 3.8) is 0 Å². The maximum Gasteiger partial charge on any atom is 0.145 e. The third kappa shape index (κ3) is 2.36. The molecule has 1 saturated carbocycles. The molecule has 4 heteroatoms. The van der Waals surface area contributed by atoms with Gasteiger partial charge in [-0.05, 0) is 30.9 Å². The molecule has 1 fully saturated rings. The fourth-order valence-corrected chi connectivity index (χ4v) is 3.23. The summed E-state index contributed by atoms with van der Waals surface area (Å²) in [5.41, 5.74) is 7.90. The molecule has 0 spiro atoms. The van der Waals surface area contributed by atoms with Gasteiger partial charge in [0, 0.05) is 6.54 Å². The number of nitrogens with two attached hydrogens (primary N) is 1. The van der Waals surface area contributed by atoms with Crippen LogP contribution in [-0.4, -0.2) is 22.1 Å². The molecule has 4 nitrogen and oxygen atoms in total. The van der Waals surface area contributed by atoms with E-state index in [2.05, 4.69) is 22.2 Å². The summed E-state index contributed by atoms with van der Waals surface area (Å²) in [4.78, 5) is 9.14. The van der Waals surface area contributed by atoms with Gasteiger partial charge in [-0.3, -0.25) is 4.98 Å². The monoisotopic (exact) mass is 270 g/mol. The summed E-state index contributed by atoms with van der Waals surface area (Å²) in [7, 11) is 0. The Morgan fingerprint density at radius 1 is 1.30 bits per heavy atom. The van der Waals surface area contributed by atoms with Crippen LogP contribution in [0, 0.1) is 5.92 Å². The molecule has 20 heavy (non-hydrogen) atoms. The molecule has 106 valence electrons. The first kappa shape index (κ1) is 13.3. The minimum absolute atomic E-state index is 0.0324. The number of anilines is 1. The molecule has 3 N–H and O–H groups in total. The molecule has 3 rings (SSSR count). The third-order valence-electron chi connectivity index (χ3n) is 4.64. The van der Waals surface area contributed by atoms with E-state index in [9.17, 15) is 0 Å². The molecule has 0 amide bonds. The number of nitrogens with zero attached hydrogens (tertiary/aromatic N) is 2. The number of nitrogens with one attached hydrogen (secondary N) is 1. The van der Waals surface area contributed by atoms with E-state index >= 15 is 0 Å². The normalized spacial score (nSPS) is 26.6. The molecule has 1 heterocycles. The molecule has 2 unspecified atom stereocenters. The smallest absolute Gasteiger partial charge is 0.145 e. The van der Waals surface area contributed by atoms with Gasteiger partial charge in [-0.15, -0.1) is 0 Å². The summed E-state index contributed by atoms with van der Waals surface area (Å²) in [5.74, 6) is 1.40. The first-order chi connectivity index (χ1) is 9.73. The molecular weight excluding hydrogens is 248 g/mol. The summed E-state index contributed by atoms with van der Waals surface area (Å²) in [6.45, 7) is 2.93. The highest BCUT2D eigenvalue weighted by Crippen LogP contribution is 2.35. The maximum absolute atomic E-state index is 6.08. The van der Waals surface area contributed by atoms with Gasteiger partial charge in [0.1, 0.15) is 5.82 Å². The summed E-state index contributed by atoms with van der Waals surface area (Å²) >= 11 is 0. The largest absolute Gasteiger partial charge is 0.362 e. The molecule has 1 aromatic carbocycles. The zero-order chi connectivity index (χ0) is 14.0. The topological polar surface area (TPSA) is 63.8 Å². The molecule has 2 atom stereocenters. The molecule has 0 saturated heterocycles. The Morgan fingerprint density at radius 3 is 2.85 bits per heavy atom. The summed E-state index contributed by atoms with van der Waals surface area (Å²) in [6.07, 6.45) is 6.69. The first-order valence-corrected chi connectivity index (χ1v) is 7.43. The van der Waals surface area contributed by atoms with Crippen molar-refractivity contribution >= 4 is 16.9 Å². The number of rotatable bonds is 3. The number of hydrogen-bond donors (Lipinski definition) is 2. The highest BCUT2D eigenvalue weighted by molar-refractivity contribution is 5.75. The molecular formula is C16H22N4. The van der Waals surface area contributed by atoms with Crippen molar-refractivity contribution in [3.05, 3.63) is 30.5 Å². The standard InChI is InChI=1S/C16H22N4/c1-12-6-4-5-9-16(12,11-17)20-15-10-18-13-7-2-3-8-14(13)19-15/h2-3,7-8,10,12H,4-6,9,11,17H2,1H3,(H,19,20).